The van der Waals surface area contributed by atoms with E-state index >= 15 is 0 Å². The summed E-state index contributed by atoms with van der Waals surface area (Å²) < 4.78 is 15.4. The fourth-order valence-electron chi connectivity index (χ4n) is 19.6. The Kier molecular flexibility index (Phi) is 38.0. The summed E-state index contributed by atoms with van der Waals surface area (Å²) in [6.07, 6.45) is 6.23. The zero-order valence-electron chi connectivity index (χ0n) is 82.8. The zero-order chi connectivity index (χ0) is 100. The molecule has 7 amide bonds. The second kappa shape index (κ2) is 49.9. The number of carbonyl (C=O) groups excluding carboxylic acids is 7. The monoisotopic (exact) mass is 1990 g/mol. The molecule has 6 fully saturated rings. The normalized spacial score (nSPS) is 20.3. The van der Waals surface area contributed by atoms with Crippen LogP contribution in [-0.4, -0.2) is 286 Å². The summed E-state index contributed by atoms with van der Waals surface area (Å²) in [5, 5.41) is 63.8. The third-order valence-corrected chi connectivity index (χ3v) is 29.9. The van der Waals surface area contributed by atoms with E-state index in [0.717, 1.165) is 206 Å². The van der Waals surface area contributed by atoms with Crippen LogP contribution in [0.25, 0.3) is 42.9 Å². The average Bonchev–Trinajstić information content (AvgIpc) is 1.62. The first-order valence-electron chi connectivity index (χ1n) is 49.4. The lowest BCUT2D eigenvalue weighted by Crippen LogP contribution is -2.58. The van der Waals surface area contributed by atoms with Gasteiger partial charge in [0, 0.05) is 154 Å². The Morgan fingerprint density at radius 3 is 1.26 bits per heavy atom. The number of thiazole rings is 2. The van der Waals surface area contributed by atoms with Crippen molar-refractivity contribution in [3.63, 3.8) is 0 Å². The molecule has 2 aliphatic carbocycles. The molecule has 35 heteroatoms. The Balaban J connectivity index is 0.000000198. The minimum absolute atomic E-state index is 0. The summed E-state index contributed by atoms with van der Waals surface area (Å²) in [6, 6.07) is 41.0. The maximum Gasteiger partial charge on any atom is 0.329 e. The molecule has 8 heterocycles. The topological polar surface area (TPSA) is 423 Å². The SMILES string of the molecule is C.Cc1cccc(C(=O)Nc2nc3cc(CN4CCN(CCOCC(=O)N[C@H](C(=O)N5C[C@H](O)C[C@H]5C(=O)NCc5ccc(-c6scnc6C)cc5)C(C)(C)C)CC4)ccc3n2C2CCC(CO)CC2)c1.Cc1cccc(C(=O)Nc2nc3cc(CN4CCN(CCOCC(=O)O)CC4)ccc3n2C2CCC(CO)CC2)c1.Cc1ncsc1-c1ccc(CNC(=O)[C@@H]2C[C@@H](O)CN2C(=O)[C@@H](N)C(C)(C)C)cc1. The van der Waals surface area contributed by atoms with Crippen molar-refractivity contribution in [1.82, 2.24) is 74.4 Å². The van der Waals surface area contributed by atoms with Gasteiger partial charge in [-0.15, -0.1) is 22.7 Å². The van der Waals surface area contributed by atoms with Crippen LogP contribution >= 0.6 is 22.7 Å². The first-order chi connectivity index (χ1) is 67.6. The molecule has 10 aromatic rings. The highest BCUT2D eigenvalue weighted by molar-refractivity contribution is 7.13. The van der Waals surface area contributed by atoms with Gasteiger partial charge in [-0.1, -0.05) is 145 Å². The Bertz CT molecular complexity index is 5920. The number of likely N-dealkylation sites (tertiary alicyclic amines) is 2. The van der Waals surface area contributed by atoms with Gasteiger partial charge >= 0.3 is 5.97 Å². The number of β-amino-alcohol motifs (C(OH)–C–C–N with tert-alkyl or cyclic N) is 2. The summed E-state index contributed by atoms with van der Waals surface area (Å²) >= 11 is 3.18. The number of nitrogens with two attached hydrogens (primary N) is 1. The maximum absolute atomic E-state index is 14.1. The van der Waals surface area contributed by atoms with E-state index in [-0.39, 0.29) is 108 Å². The molecule has 33 nitrogen and oxygen atoms in total. The number of amides is 7. The number of piperazine rings is 2. The molecule has 12 N–H and O–H groups in total. The van der Waals surface area contributed by atoms with Crippen molar-refractivity contribution in [2.45, 2.75) is 216 Å². The predicted molar refractivity (Wildman–Crippen MR) is 553 cm³/mol. The lowest BCUT2D eigenvalue weighted by Gasteiger charge is -2.35. The van der Waals surface area contributed by atoms with Crippen molar-refractivity contribution in [2.24, 2.45) is 28.4 Å². The molecule has 0 bridgehead atoms. The number of benzene rings is 6. The van der Waals surface area contributed by atoms with Gasteiger partial charge in [-0.25, -0.2) is 24.7 Å². The lowest BCUT2D eigenvalue weighted by molar-refractivity contribution is -0.144. The van der Waals surface area contributed by atoms with E-state index in [1.54, 1.807) is 22.7 Å². The number of aliphatic carboxylic acids is 1. The number of hydrogen-bond donors (Lipinski definition) is 11. The van der Waals surface area contributed by atoms with E-state index in [9.17, 15) is 58.8 Å². The number of aromatic nitrogens is 6. The Morgan fingerprint density at radius 2 is 0.887 bits per heavy atom. The molecule has 142 heavy (non-hydrogen) atoms. The summed E-state index contributed by atoms with van der Waals surface area (Å²) in [4.78, 5) is 137. The van der Waals surface area contributed by atoms with Gasteiger partial charge in [-0.05, 0) is 184 Å². The average molecular weight is 1990 g/mol. The Morgan fingerprint density at radius 1 is 0.493 bits per heavy atom. The number of imidazole rings is 2. The molecule has 0 unspecified atom stereocenters. The number of nitrogens with zero attached hydrogens (tertiary/aromatic N) is 12. The van der Waals surface area contributed by atoms with Crippen LogP contribution in [0.5, 0.6) is 0 Å². The number of ether oxygens (including phenoxy) is 2. The molecule has 0 spiro atoms. The fourth-order valence-corrected chi connectivity index (χ4v) is 21.2. The van der Waals surface area contributed by atoms with Crippen molar-refractivity contribution in [2.75, 3.05) is 129 Å². The van der Waals surface area contributed by atoms with Crippen molar-refractivity contribution in [3.8, 4) is 20.9 Å². The van der Waals surface area contributed by atoms with Crippen LogP contribution in [0.4, 0.5) is 11.9 Å². The van der Waals surface area contributed by atoms with Crippen LogP contribution in [-0.2, 0) is 64.4 Å². The number of aryl methyl sites for hydroxylation is 4. The molecule has 4 aromatic heterocycles. The minimum atomic E-state index is -0.944. The number of aliphatic hydroxyl groups is 4. The van der Waals surface area contributed by atoms with Gasteiger partial charge in [-0.2, -0.15) is 0 Å². The van der Waals surface area contributed by atoms with E-state index in [2.05, 4.69) is 102 Å². The first kappa shape index (κ1) is 108. The highest BCUT2D eigenvalue weighted by Crippen LogP contribution is 2.41. The standard InChI is InChI=1S/C53H69N9O7S.C31H41N5O5.C22H30N4O3S.CH4/c1-34-7-6-8-40(25-34)49(66)58-52-56-43-26-38(13-18-44(43)62(52)41-16-11-37(31-63)12-17-41)29-60-21-19-59(20-22-60)23-24-69-32-46(65)57-48(53(3,4)5)51(68)61-30-42(64)27-45(61)50(67)54-28-36-9-14-39(15-10-36)47-35(2)55-33-70-47;1-22-3-2-4-25(17-22)30(40)33-31-32-27-18-24(7-10-28(27)36(31)26-8-5-23(20-37)6-9-26)19-35-13-11-34(12-14-35)15-16-41-21-29(38)39;1-13-18(30-12-25-13)15-7-5-14(6-8-15)10-24-20(28)17-9-16(27)11-26(17)21(29)19(23)22(2,3)4;/h6-10,13-15,18,25-26,33,37,41-42,45,48,63-64H,11-12,16-17,19-24,27-32H2,1-5H3,(H,54,67)(H,57,65)(H,56,58,66);2-4,7,10,17-18,23,26,37H,5-6,8-9,11-16,19-21H2,1H3,(H,38,39)(H,32,33,40);5-8,12,16-17,19,27H,9-11,23H2,1-4H3,(H,24,28);1H4/t37?,41?,42-,45+,48-;;16-,17+,19-;/m1.1./s1. The number of fused-ring (bicyclic) bond motifs is 2. The number of carboxylic acids is 1. The highest BCUT2D eigenvalue weighted by atomic mass is 32.1. The largest absolute Gasteiger partial charge is 0.480 e. The van der Waals surface area contributed by atoms with Gasteiger partial charge in [0.2, 0.25) is 41.4 Å². The third kappa shape index (κ3) is 28.7. The molecule has 4 saturated heterocycles. The molecule has 16 rings (SSSR count). The molecule has 4 aliphatic heterocycles. The van der Waals surface area contributed by atoms with Crippen LogP contribution in [0.3, 0.4) is 0 Å². The number of hydrogen-bond acceptors (Lipinski definition) is 25. The van der Waals surface area contributed by atoms with Gasteiger partial charge < -0.3 is 75.6 Å². The Labute approximate surface area is 840 Å². The smallest absolute Gasteiger partial charge is 0.329 e. The number of aliphatic hydroxyl groups excluding tert-OH is 4. The molecule has 6 aliphatic rings. The Hall–Kier alpha value is -11.2. The van der Waals surface area contributed by atoms with Gasteiger partial charge in [0.25, 0.3) is 11.8 Å². The quantitative estimate of drug-likeness (QED) is 0.0170. The van der Waals surface area contributed by atoms with Gasteiger partial charge in [0.15, 0.2) is 0 Å². The highest BCUT2D eigenvalue weighted by Gasteiger charge is 2.46. The van der Waals surface area contributed by atoms with Crippen molar-refractivity contribution in [1.29, 1.82) is 0 Å². The van der Waals surface area contributed by atoms with Crippen LogP contribution in [0.2, 0.25) is 0 Å². The second-order valence-electron chi connectivity index (χ2n) is 40.7. The second-order valence-corrected chi connectivity index (χ2v) is 42.4. The summed E-state index contributed by atoms with van der Waals surface area (Å²) in [7, 11) is 0. The summed E-state index contributed by atoms with van der Waals surface area (Å²) in [5.41, 5.74) is 23.9. The number of carbonyl (C=O) groups is 8. The zero-order valence-corrected chi connectivity index (χ0v) is 84.5. The fraction of sp³-hybridized carbons (Fsp3) is 0.514. The lowest BCUT2D eigenvalue weighted by atomic mass is 9.85. The van der Waals surface area contributed by atoms with Crippen LogP contribution in [0.1, 0.15) is 191 Å². The van der Waals surface area contributed by atoms with E-state index in [1.165, 1.54) is 15.4 Å². The van der Waals surface area contributed by atoms with Gasteiger partial charge in [0.1, 0.15) is 31.3 Å². The van der Waals surface area contributed by atoms with Crippen molar-refractivity contribution < 1.29 is 73.4 Å². The summed E-state index contributed by atoms with van der Waals surface area (Å²) in [5.74, 6) is -1.28. The van der Waals surface area contributed by atoms with Crippen LogP contribution < -0.4 is 32.3 Å². The summed E-state index contributed by atoms with van der Waals surface area (Å²) in [6.45, 7) is 30.7. The van der Waals surface area contributed by atoms with Crippen LogP contribution in [0, 0.1) is 50.4 Å². The molecule has 2 saturated carbocycles. The number of anilines is 2. The molecule has 764 valence electrons. The number of carboxylic acid groups (broad SMARTS) is 1. The van der Waals surface area contributed by atoms with E-state index in [1.807, 2.05) is 177 Å². The van der Waals surface area contributed by atoms with Crippen molar-refractivity contribution in [3.05, 3.63) is 200 Å². The molecular formula is C107H144N18O15S2. The van der Waals surface area contributed by atoms with Crippen LogP contribution in [0.15, 0.2) is 144 Å². The maximum atomic E-state index is 14.1. The number of nitrogens with one attached hydrogen (secondary N) is 5. The van der Waals surface area contributed by atoms with E-state index < -0.39 is 65.0 Å². The number of rotatable bonds is 33. The van der Waals surface area contributed by atoms with Gasteiger partial charge in [-0.3, -0.25) is 63.8 Å². The third-order valence-electron chi connectivity index (χ3n) is 27.9. The minimum Gasteiger partial charge on any atom is -0.480 e. The molecular weight excluding hydrogens is 1840 g/mol. The molecule has 0 radical (unpaired) electrons. The molecule has 6 aromatic carbocycles. The first-order valence-corrected chi connectivity index (χ1v) is 51.2. The van der Waals surface area contributed by atoms with E-state index in [4.69, 9.17) is 30.3 Å². The predicted octanol–water partition coefficient (Wildman–Crippen LogP) is 11.9. The van der Waals surface area contributed by atoms with E-state index in [0.29, 0.717) is 61.2 Å². The molecule has 6 atom stereocenters. The van der Waals surface area contributed by atoms with Crippen molar-refractivity contribution >= 4 is 104 Å². The van der Waals surface area contributed by atoms with Gasteiger partial charge in [0.05, 0.1) is 85.7 Å².